The van der Waals surface area contributed by atoms with Gasteiger partial charge in [-0.15, -0.1) is 0 Å². The Kier molecular flexibility index (Phi) is 5.86. The van der Waals surface area contributed by atoms with Crippen molar-refractivity contribution < 1.29 is 4.79 Å². The summed E-state index contributed by atoms with van der Waals surface area (Å²) in [5.74, 6) is 1.41. The average Bonchev–Trinajstić information content (AvgIpc) is 2.67. The third-order valence-electron chi connectivity index (χ3n) is 5.03. The van der Waals surface area contributed by atoms with E-state index in [0.717, 1.165) is 32.5 Å². The molecule has 1 aromatic heterocycles. The van der Waals surface area contributed by atoms with Crippen molar-refractivity contribution >= 4 is 11.9 Å². The highest BCUT2D eigenvalue weighted by Gasteiger charge is 2.22. The van der Waals surface area contributed by atoms with Crippen molar-refractivity contribution in [2.75, 3.05) is 18.0 Å². The minimum absolute atomic E-state index is 0.0441. The number of aromatic nitrogens is 2. The maximum Gasteiger partial charge on any atom is 0.256 e. The van der Waals surface area contributed by atoms with Gasteiger partial charge in [-0.1, -0.05) is 37.3 Å². The first kappa shape index (κ1) is 18.4. The van der Waals surface area contributed by atoms with E-state index in [1.54, 1.807) is 12.4 Å². The zero-order valence-corrected chi connectivity index (χ0v) is 15.9. The topological polar surface area (TPSA) is 49.3 Å². The van der Waals surface area contributed by atoms with Gasteiger partial charge in [0.1, 0.15) is 0 Å². The van der Waals surface area contributed by atoms with Gasteiger partial charge < -0.3 is 9.80 Å². The fourth-order valence-corrected chi connectivity index (χ4v) is 3.24. The predicted octanol–water partition coefficient (Wildman–Crippen LogP) is 3.76. The van der Waals surface area contributed by atoms with Gasteiger partial charge in [0.25, 0.3) is 5.91 Å². The molecule has 0 unspecified atom stereocenters. The molecule has 5 heteroatoms. The van der Waals surface area contributed by atoms with Crippen LogP contribution in [0, 0.1) is 5.92 Å². The molecule has 138 valence electrons. The molecule has 0 N–H and O–H groups in total. The summed E-state index contributed by atoms with van der Waals surface area (Å²) in [7, 11) is 0. The van der Waals surface area contributed by atoms with E-state index in [1.165, 1.54) is 5.56 Å². The number of anilines is 1. The number of carbonyl (C=O) groups is 1. The summed E-state index contributed by atoms with van der Waals surface area (Å²) in [6.07, 6.45) is 5.48. The lowest BCUT2D eigenvalue weighted by Crippen LogP contribution is -2.38. The molecule has 0 aliphatic carbocycles. The van der Waals surface area contributed by atoms with Crippen LogP contribution in [0.1, 0.15) is 49.5 Å². The number of nitrogens with zero attached hydrogens (tertiary/aromatic N) is 4. The van der Waals surface area contributed by atoms with Crippen LogP contribution in [0.15, 0.2) is 42.7 Å². The van der Waals surface area contributed by atoms with Crippen molar-refractivity contribution in [1.82, 2.24) is 14.9 Å². The fourth-order valence-electron chi connectivity index (χ4n) is 3.24. The Morgan fingerprint density at radius 3 is 2.35 bits per heavy atom. The smallest absolute Gasteiger partial charge is 0.256 e. The number of amides is 1. The normalized spacial score (nSPS) is 15.3. The summed E-state index contributed by atoms with van der Waals surface area (Å²) < 4.78 is 0. The van der Waals surface area contributed by atoms with Crippen LogP contribution in [0.3, 0.4) is 0 Å². The minimum Gasteiger partial charge on any atom is -0.339 e. The van der Waals surface area contributed by atoms with E-state index in [0.29, 0.717) is 17.4 Å². The lowest BCUT2D eigenvalue weighted by Gasteiger charge is -2.30. The van der Waals surface area contributed by atoms with Gasteiger partial charge in [-0.3, -0.25) is 4.79 Å². The Balaban J connectivity index is 1.71. The molecule has 26 heavy (non-hydrogen) atoms. The monoisotopic (exact) mass is 352 g/mol. The molecule has 0 bridgehead atoms. The van der Waals surface area contributed by atoms with E-state index in [2.05, 4.69) is 47.8 Å². The average molecular weight is 352 g/mol. The fraction of sp³-hybridized carbons (Fsp3) is 0.476. The SMILES string of the molecule is CC1CCN(C(=O)c2cnc(N(Cc3ccccc3)C(C)C)nc2)CC1. The van der Waals surface area contributed by atoms with Gasteiger partial charge in [0.05, 0.1) is 5.56 Å². The molecule has 0 atom stereocenters. The Labute approximate surface area is 156 Å². The van der Waals surface area contributed by atoms with Gasteiger partial charge in [-0.05, 0) is 38.2 Å². The molecule has 1 saturated heterocycles. The number of rotatable bonds is 5. The molecular formula is C21H28N4O. The number of likely N-dealkylation sites (tertiary alicyclic amines) is 1. The van der Waals surface area contributed by atoms with Gasteiger partial charge in [0, 0.05) is 38.1 Å². The van der Waals surface area contributed by atoms with Crippen molar-refractivity contribution in [1.29, 1.82) is 0 Å². The highest BCUT2D eigenvalue weighted by molar-refractivity contribution is 5.93. The number of benzene rings is 1. The molecule has 1 aromatic carbocycles. The van der Waals surface area contributed by atoms with Crippen LogP contribution in [0.4, 0.5) is 5.95 Å². The highest BCUT2D eigenvalue weighted by Crippen LogP contribution is 2.19. The van der Waals surface area contributed by atoms with Gasteiger partial charge in [0.15, 0.2) is 0 Å². The van der Waals surface area contributed by atoms with Crippen LogP contribution < -0.4 is 4.90 Å². The molecule has 1 amide bonds. The maximum absolute atomic E-state index is 12.6. The summed E-state index contributed by atoms with van der Waals surface area (Å²) in [6.45, 7) is 8.89. The van der Waals surface area contributed by atoms with Crippen molar-refractivity contribution in [3.63, 3.8) is 0 Å². The van der Waals surface area contributed by atoms with Crippen molar-refractivity contribution in [3.05, 3.63) is 53.9 Å². The van der Waals surface area contributed by atoms with Gasteiger partial charge >= 0.3 is 0 Å². The molecule has 3 rings (SSSR count). The number of carbonyl (C=O) groups excluding carboxylic acids is 1. The van der Waals surface area contributed by atoms with E-state index in [-0.39, 0.29) is 11.9 Å². The van der Waals surface area contributed by atoms with Crippen LogP contribution in [0.5, 0.6) is 0 Å². The van der Waals surface area contributed by atoms with Crippen LogP contribution in [-0.4, -0.2) is 39.9 Å². The Hall–Kier alpha value is -2.43. The molecular weight excluding hydrogens is 324 g/mol. The zero-order chi connectivity index (χ0) is 18.5. The lowest BCUT2D eigenvalue weighted by atomic mass is 9.99. The van der Waals surface area contributed by atoms with E-state index in [4.69, 9.17) is 0 Å². The van der Waals surface area contributed by atoms with E-state index in [1.807, 2.05) is 23.1 Å². The van der Waals surface area contributed by atoms with Gasteiger partial charge in [-0.25, -0.2) is 9.97 Å². The number of piperidine rings is 1. The second-order valence-electron chi connectivity index (χ2n) is 7.45. The van der Waals surface area contributed by atoms with E-state index < -0.39 is 0 Å². The Morgan fingerprint density at radius 2 is 1.77 bits per heavy atom. The summed E-state index contributed by atoms with van der Waals surface area (Å²) in [5.41, 5.74) is 1.79. The lowest BCUT2D eigenvalue weighted by molar-refractivity contribution is 0.0696. The first-order valence-electron chi connectivity index (χ1n) is 9.46. The van der Waals surface area contributed by atoms with E-state index in [9.17, 15) is 4.79 Å². The van der Waals surface area contributed by atoms with Crippen molar-refractivity contribution in [3.8, 4) is 0 Å². The maximum atomic E-state index is 12.6. The molecule has 1 aliphatic rings. The van der Waals surface area contributed by atoms with Crippen molar-refractivity contribution in [2.45, 2.75) is 46.2 Å². The van der Waals surface area contributed by atoms with Gasteiger partial charge in [0.2, 0.25) is 5.95 Å². The number of hydrogen-bond donors (Lipinski definition) is 0. The van der Waals surface area contributed by atoms with Crippen LogP contribution in [-0.2, 0) is 6.54 Å². The minimum atomic E-state index is 0.0441. The summed E-state index contributed by atoms with van der Waals surface area (Å²) in [4.78, 5) is 25.7. The molecule has 0 spiro atoms. The molecule has 0 saturated carbocycles. The third-order valence-corrected chi connectivity index (χ3v) is 5.03. The van der Waals surface area contributed by atoms with Crippen molar-refractivity contribution in [2.24, 2.45) is 5.92 Å². The second kappa shape index (κ2) is 8.30. The molecule has 0 radical (unpaired) electrons. The third kappa shape index (κ3) is 4.40. The Morgan fingerprint density at radius 1 is 1.15 bits per heavy atom. The molecule has 2 heterocycles. The summed E-state index contributed by atoms with van der Waals surface area (Å²) in [6, 6.07) is 10.6. The first-order chi connectivity index (χ1) is 12.5. The predicted molar refractivity (Wildman–Crippen MR) is 104 cm³/mol. The molecule has 2 aromatic rings. The Bertz CT molecular complexity index is 707. The van der Waals surface area contributed by atoms with Crippen LogP contribution in [0.25, 0.3) is 0 Å². The molecule has 1 aliphatic heterocycles. The standard InChI is InChI=1S/C21H28N4O/c1-16(2)25(15-18-7-5-4-6-8-18)21-22-13-19(14-23-21)20(26)24-11-9-17(3)10-12-24/h4-8,13-14,16-17H,9-12,15H2,1-3H3. The quantitative estimate of drug-likeness (QED) is 0.822. The van der Waals surface area contributed by atoms with Crippen LogP contribution >= 0.6 is 0 Å². The van der Waals surface area contributed by atoms with E-state index >= 15 is 0 Å². The number of hydrogen-bond acceptors (Lipinski definition) is 4. The summed E-state index contributed by atoms with van der Waals surface area (Å²) in [5, 5.41) is 0. The largest absolute Gasteiger partial charge is 0.339 e. The molecule has 1 fully saturated rings. The molecule has 5 nitrogen and oxygen atoms in total. The summed E-state index contributed by atoms with van der Waals surface area (Å²) >= 11 is 0. The first-order valence-corrected chi connectivity index (χ1v) is 9.46. The van der Waals surface area contributed by atoms with Gasteiger partial charge in [-0.2, -0.15) is 0 Å². The zero-order valence-electron chi connectivity index (χ0n) is 15.9. The van der Waals surface area contributed by atoms with Crippen LogP contribution in [0.2, 0.25) is 0 Å². The highest BCUT2D eigenvalue weighted by atomic mass is 16.2. The second-order valence-corrected chi connectivity index (χ2v) is 7.45.